The van der Waals surface area contributed by atoms with Crippen LogP contribution in [0.2, 0.25) is 0 Å². The lowest BCUT2D eigenvalue weighted by Crippen LogP contribution is -3.14. The fraction of sp³-hybridized carbons (Fsp3) is 0.333. The minimum Gasteiger partial charge on any atom is -0.370 e. The zero-order chi connectivity index (χ0) is 21.1. The zero-order valence-corrected chi connectivity index (χ0v) is 16.8. The maximum Gasteiger partial charge on any atom is 0.278 e. The molecule has 156 valence electrons. The Morgan fingerprint density at radius 3 is 2.97 bits per heavy atom. The number of ether oxygens (including phenoxy) is 1. The lowest BCUT2D eigenvalue weighted by atomic mass is 10.1. The first-order valence-corrected chi connectivity index (χ1v) is 10.0. The molecule has 0 aliphatic carbocycles. The van der Waals surface area contributed by atoms with Crippen LogP contribution in [0.3, 0.4) is 0 Å². The van der Waals surface area contributed by atoms with Gasteiger partial charge in [-0.2, -0.15) is 0 Å². The van der Waals surface area contributed by atoms with Gasteiger partial charge in [-0.3, -0.25) is 14.0 Å². The van der Waals surface area contributed by atoms with E-state index in [0.29, 0.717) is 29.8 Å². The summed E-state index contributed by atoms with van der Waals surface area (Å²) in [6, 6.07) is 6.87. The lowest BCUT2D eigenvalue weighted by Gasteiger charge is -2.23. The van der Waals surface area contributed by atoms with Gasteiger partial charge in [-0.25, -0.2) is 4.57 Å². The van der Waals surface area contributed by atoms with Gasteiger partial charge in [-0.15, -0.1) is 0 Å². The molecule has 3 aromatic rings. The van der Waals surface area contributed by atoms with Crippen molar-refractivity contribution in [1.82, 2.24) is 14.7 Å². The smallest absolute Gasteiger partial charge is 0.278 e. The summed E-state index contributed by atoms with van der Waals surface area (Å²) in [5.74, 6) is -0.0526. The minimum atomic E-state index is -0.308. The number of nitrogens with one attached hydrogen (secondary N) is 2. The van der Waals surface area contributed by atoms with E-state index in [2.05, 4.69) is 16.9 Å². The van der Waals surface area contributed by atoms with Gasteiger partial charge in [0.2, 0.25) is 11.5 Å². The van der Waals surface area contributed by atoms with Gasteiger partial charge in [0.15, 0.2) is 0 Å². The molecular weight excluding hydrogens is 384 g/mol. The van der Waals surface area contributed by atoms with E-state index in [9.17, 15) is 9.59 Å². The largest absolute Gasteiger partial charge is 0.370 e. The Labute approximate surface area is 173 Å². The molecule has 1 fully saturated rings. The second-order valence-corrected chi connectivity index (χ2v) is 7.29. The van der Waals surface area contributed by atoms with Gasteiger partial charge in [-0.05, 0) is 18.2 Å². The van der Waals surface area contributed by atoms with Crippen molar-refractivity contribution in [2.24, 2.45) is 0 Å². The molecule has 1 aliphatic heterocycles. The predicted molar refractivity (Wildman–Crippen MR) is 112 cm³/mol. The van der Waals surface area contributed by atoms with Crippen molar-refractivity contribution in [2.75, 3.05) is 45.1 Å². The number of nitrogen functional groups attached to an aromatic ring is 1. The molecule has 3 aromatic heterocycles. The minimum absolute atomic E-state index is 0.250. The number of allylic oxidation sites excluding steroid dienone is 1. The first-order valence-electron chi connectivity index (χ1n) is 10.0. The number of quaternary nitrogens is 1. The predicted octanol–water partition coefficient (Wildman–Crippen LogP) is -1.45. The molecule has 1 amide bonds. The number of amides is 1. The Kier molecular flexibility index (Phi) is 5.73. The summed E-state index contributed by atoms with van der Waals surface area (Å²) in [7, 11) is 0. The molecule has 9 heteroatoms. The van der Waals surface area contributed by atoms with Gasteiger partial charge in [0.25, 0.3) is 17.1 Å². The molecule has 0 bridgehead atoms. The Morgan fingerprint density at radius 1 is 1.40 bits per heavy atom. The zero-order valence-electron chi connectivity index (χ0n) is 16.8. The SMILES string of the molecule is C=CC[n+]1c(N)c(C(=O)NCC[NH+]2CCOCC2)cc2c(=O)n3ccccc3nc21. The molecule has 0 spiro atoms. The number of fused-ring (bicyclic) bond motifs is 2. The van der Waals surface area contributed by atoms with E-state index in [-0.39, 0.29) is 22.8 Å². The molecule has 0 saturated carbocycles. The van der Waals surface area contributed by atoms with Crippen LogP contribution >= 0.6 is 0 Å². The summed E-state index contributed by atoms with van der Waals surface area (Å²) >= 11 is 0. The fourth-order valence-electron chi connectivity index (χ4n) is 3.75. The Hall–Kier alpha value is -3.30. The Morgan fingerprint density at radius 2 is 2.20 bits per heavy atom. The van der Waals surface area contributed by atoms with E-state index in [0.717, 1.165) is 32.8 Å². The highest BCUT2D eigenvalue weighted by Gasteiger charge is 2.24. The number of nitrogens with two attached hydrogens (primary N) is 1. The van der Waals surface area contributed by atoms with Crippen molar-refractivity contribution < 1.29 is 19.0 Å². The molecule has 4 rings (SSSR count). The van der Waals surface area contributed by atoms with Gasteiger partial charge in [0.05, 0.1) is 32.8 Å². The van der Waals surface area contributed by atoms with Crippen molar-refractivity contribution in [3.63, 3.8) is 0 Å². The van der Waals surface area contributed by atoms with E-state index in [1.807, 2.05) is 6.07 Å². The number of rotatable bonds is 6. The number of carbonyl (C=O) groups is 1. The molecule has 0 radical (unpaired) electrons. The molecule has 4 heterocycles. The van der Waals surface area contributed by atoms with Crippen molar-refractivity contribution in [2.45, 2.75) is 6.54 Å². The number of morpholine rings is 1. The van der Waals surface area contributed by atoms with E-state index in [1.165, 1.54) is 15.4 Å². The summed E-state index contributed by atoms with van der Waals surface area (Å²) in [5.41, 5.74) is 7.28. The van der Waals surface area contributed by atoms with Crippen molar-refractivity contribution in [1.29, 1.82) is 0 Å². The van der Waals surface area contributed by atoms with Gasteiger partial charge in [0, 0.05) is 6.20 Å². The number of anilines is 1. The third kappa shape index (κ3) is 3.77. The van der Waals surface area contributed by atoms with Crippen LogP contribution in [0.1, 0.15) is 10.4 Å². The van der Waals surface area contributed by atoms with E-state index in [1.54, 1.807) is 29.0 Å². The van der Waals surface area contributed by atoms with Crippen LogP contribution < -0.4 is 26.1 Å². The average molecular weight is 410 g/mol. The standard InChI is InChI=1S/C21H24N6O3/c1-2-7-27-18(22)15(20(28)23-6-9-25-10-12-30-13-11-25)14-16-19(27)24-17-5-3-4-8-26(17)21(16)29/h2-5,8,14,22H,1,6-7,9-13H2,(H,23,28)/p+2. The van der Waals surface area contributed by atoms with Crippen molar-refractivity contribution >= 4 is 28.4 Å². The third-order valence-electron chi connectivity index (χ3n) is 5.38. The molecule has 0 unspecified atom stereocenters. The van der Waals surface area contributed by atoms with Gasteiger partial charge < -0.3 is 20.7 Å². The van der Waals surface area contributed by atoms with Crippen molar-refractivity contribution in [3.05, 3.63) is 59.0 Å². The van der Waals surface area contributed by atoms with Gasteiger partial charge in [-0.1, -0.05) is 23.7 Å². The van der Waals surface area contributed by atoms with E-state index in [4.69, 9.17) is 10.5 Å². The molecule has 1 aliphatic rings. The van der Waals surface area contributed by atoms with Crippen LogP contribution in [0.5, 0.6) is 0 Å². The molecular formula is C21H26N6O3+2. The molecule has 9 nitrogen and oxygen atoms in total. The Balaban J connectivity index is 1.70. The number of hydrogen-bond acceptors (Lipinski definition) is 5. The first-order chi connectivity index (χ1) is 14.6. The summed E-state index contributed by atoms with van der Waals surface area (Å²) in [4.78, 5) is 31.9. The quantitative estimate of drug-likeness (QED) is 0.262. The van der Waals surface area contributed by atoms with E-state index < -0.39 is 0 Å². The number of carbonyl (C=O) groups excluding carboxylic acids is 1. The van der Waals surface area contributed by atoms with Crippen LogP contribution in [-0.4, -0.2) is 54.7 Å². The normalized spacial score (nSPS) is 14.8. The molecule has 4 N–H and O–H groups in total. The maximum atomic E-state index is 13.0. The highest BCUT2D eigenvalue weighted by Crippen LogP contribution is 2.14. The average Bonchev–Trinajstić information content (AvgIpc) is 2.77. The topological polar surface area (TPSA) is 107 Å². The maximum absolute atomic E-state index is 13.0. The molecule has 30 heavy (non-hydrogen) atoms. The number of nitrogens with zero attached hydrogens (tertiary/aromatic N) is 3. The van der Waals surface area contributed by atoms with Crippen molar-refractivity contribution in [3.8, 4) is 0 Å². The second-order valence-electron chi connectivity index (χ2n) is 7.29. The number of aromatic nitrogens is 3. The molecule has 1 saturated heterocycles. The fourth-order valence-corrected chi connectivity index (χ4v) is 3.75. The highest BCUT2D eigenvalue weighted by molar-refractivity contribution is 6.00. The second kappa shape index (κ2) is 8.60. The Bertz CT molecular complexity index is 1170. The van der Waals surface area contributed by atoms with Crippen LogP contribution in [0.4, 0.5) is 5.82 Å². The monoisotopic (exact) mass is 410 g/mol. The molecule has 0 aromatic carbocycles. The van der Waals surface area contributed by atoms with Gasteiger partial charge in [0.1, 0.15) is 24.0 Å². The van der Waals surface area contributed by atoms with Crippen LogP contribution in [0, 0.1) is 0 Å². The van der Waals surface area contributed by atoms with E-state index >= 15 is 0 Å². The lowest BCUT2D eigenvalue weighted by molar-refractivity contribution is -0.906. The summed E-state index contributed by atoms with van der Waals surface area (Å²) in [6.45, 7) is 8.77. The third-order valence-corrected chi connectivity index (χ3v) is 5.38. The number of pyridine rings is 2. The molecule has 0 atom stereocenters. The highest BCUT2D eigenvalue weighted by atomic mass is 16.5. The van der Waals surface area contributed by atoms with Crippen LogP contribution in [0.25, 0.3) is 16.7 Å². The summed E-state index contributed by atoms with van der Waals surface area (Å²) < 4.78 is 8.47. The van der Waals surface area contributed by atoms with Crippen LogP contribution in [0.15, 0.2) is 47.9 Å². The summed E-state index contributed by atoms with van der Waals surface area (Å²) in [5, 5.41) is 3.26. The van der Waals surface area contributed by atoms with Crippen LogP contribution in [-0.2, 0) is 11.3 Å². The first kappa shape index (κ1) is 20.0. The van der Waals surface area contributed by atoms with Gasteiger partial charge >= 0.3 is 0 Å². The number of hydrogen-bond donors (Lipinski definition) is 3. The summed E-state index contributed by atoms with van der Waals surface area (Å²) in [6.07, 6.45) is 3.32.